The van der Waals surface area contributed by atoms with Crippen molar-refractivity contribution in [3.8, 4) is 11.5 Å². The maximum Gasteiger partial charge on any atom is 0.387 e. The van der Waals surface area contributed by atoms with Gasteiger partial charge in [0.15, 0.2) is 16.6 Å². The van der Waals surface area contributed by atoms with Crippen LogP contribution >= 0.6 is 12.2 Å². The van der Waals surface area contributed by atoms with Crippen molar-refractivity contribution < 1.29 is 23.0 Å². The number of halogens is 2. The number of thiocarbonyl (C=S) groups is 1. The third-order valence-electron chi connectivity index (χ3n) is 2.51. The van der Waals surface area contributed by atoms with Crippen LogP contribution < -0.4 is 20.1 Å². The van der Waals surface area contributed by atoms with Crippen LogP contribution in [0, 0.1) is 0 Å². The topological polar surface area (TPSA) is 59.6 Å². The molecule has 1 fully saturated rings. The Balaban J connectivity index is 2.29. The molecule has 21 heavy (non-hydrogen) atoms. The number of rotatable bonds is 5. The highest BCUT2D eigenvalue weighted by atomic mass is 32.1. The van der Waals surface area contributed by atoms with E-state index in [4.69, 9.17) is 17.0 Å². The molecule has 1 aliphatic rings. The van der Waals surface area contributed by atoms with Crippen LogP contribution in [-0.4, -0.2) is 24.2 Å². The van der Waals surface area contributed by atoms with Gasteiger partial charge in [-0.25, -0.2) is 0 Å². The fourth-order valence-electron chi connectivity index (χ4n) is 1.73. The van der Waals surface area contributed by atoms with Crippen LogP contribution in [0.1, 0.15) is 12.5 Å². The lowest BCUT2D eigenvalue weighted by Gasteiger charge is -2.11. The highest BCUT2D eigenvalue weighted by Crippen LogP contribution is 2.30. The molecule has 1 aromatic carbocycles. The molecule has 0 spiro atoms. The highest BCUT2D eigenvalue weighted by molar-refractivity contribution is 7.80. The van der Waals surface area contributed by atoms with Gasteiger partial charge in [-0.3, -0.25) is 10.1 Å². The molecule has 0 aliphatic carbocycles. The lowest BCUT2D eigenvalue weighted by atomic mass is 10.1. The Bertz CT molecular complexity index is 605. The van der Waals surface area contributed by atoms with E-state index in [2.05, 4.69) is 15.4 Å². The predicted octanol–water partition coefficient (Wildman–Crippen LogP) is 2.03. The van der Waals surface area contributed by atoms with Crippen LogP contribution in [0.2, 0.25) is 0 Å². The van der Waals surface area contributed by atoms with E-state index in [1.54, 1.807) is 6.92 Å². The zero-order valence-corrected chi connectivity index (χ0v) is 11.8. The maximum atomic E-state index is 12.3. The summed E-state index contributed by atoms with van der Waals surface area (Å²) in [5.74, 6) is -0.243. The van der Waals surface area contributed by atoms with Gasteiger partial charge in [0.2, 0.25) is 0 Å². The summed E-state index contributed by atoms with van der Waals surface area (Å²) >= 11 is 4.81. The first-order valence-electron chi connectivity index (χ1n) is 6.05. The molecular weight excluding hydrogens is 302 g/mol. The molecule has 1 heterocycles. The van der Waals surface area contributed by atoms with Crippen LogP contribution in [0.25, 0.3) is 6.08 Å². The molecule has 2 rings (SSSR count). The summed E-state index contributed by atoms with van der Waals surface area (Å²) in [4.78, 5) is 11.5. The average molecular weight is 314 g/mol. The van der Waals surface area contributed by atoms with E-state index in [9.17, 15) is 13.6 Å². The Kier molecular flexibility index (Phi) is 4.69. The third-order valence-corrected chi connectivity index (χ3v) is 2.72. The van der Waals surface area contributed by atoms with Gasteiger partial charge in [-0.1, -0.05) is 6.07 Å². The summed E-state index contributed by atoms with van der Waals surface area (Å²) in [6.45, 7) is -0.919. The van der Waals surface area contributed by atoms with Crippen molar-refractivity contribution in [2.45, 2.75) is 13.5 Å². The van der Waals surface area contributed by atoms with Crippen LogP contribution in [0.15, 0.2) is 23.9 Å². The minimum Gasteiger partial charge on any atom is -0.490 e. The van der Waals surface area contributed by atoms with Gasteiger partial charge in [-0.2, -0.15) is 8.78 Å². The Hall–Kier alpha value is -2.22. The van der Waals surface area contributed by atoms with E-state index in [0.29, 0.717) is 12.2 Å². The Labute approximate surface area is 124 Å². The normalized spacial score (nSPS) is 16.1. The molecule has 1 saturated heterocycles. The summed E-state index contributed by atoms with van der Waals surface area (Å²) in [6, 6.07) is 4.39. The summed E-state index contributed by atoms with van der Waals surface area (Å²) in [5.41, 5.74) is 0.854. The number of carbonyl (C=O) groups is 1. The number of carbonyl (C=O) groups excluding carboxylic acids is 1. The standard InChI is InChI=1S/C13H12F2N2O3S/c1-2-19-10-6-7(3-4-9(10)20-12(14)15)5-8-11(18)17-13(21)16-8/h3-6,12H,2H2,1H3,(H2,16,17,18,21)/b8-5-. The van der Waals surface area contributed by atoms with Gasteiger partial charge in [-0.05, 0) is 42.9 Å². The van der Waals surface area contributed by atoms with E-state index in [1.165, 1.54) is 24.3 Å². The van der Waals surface area contributed by atoms with Gasteiger partial charge in [-0.15, -0.1) is 0 Å². The molecule has 0 aromatic heterocycles. The number of nitrogens with one attached hydrogen (secondary N) is 2. The molecule has 0 bridgehead atoms. The van der Waals surface area contributed by atoms with Gasteiger partial charge in [0, 0.05) is 0 Å². The van der Waals surface area contributed by atoms with E-state index in [0.717, 1.165) is 0 Å². The molecule has 0 atom stereocenters. The first-order chi connectivity index (χ1) is 9.99. The van der Waals surface area contributed by atoms with Gasteiger partial charge >= 0.3 is 6.61 Å². The fraction of sp³-hybridized carbons (Fsp3) is 0.231. The quantitative estimate of drug-likeness (QED) is 0.643. The molecule has 1 aromatic rings. The molecule has 5 nitrogen and oxygen atoms in total. The Morgan fingerprint density at radius 3 is 2.67 bits per heavy atom. The second kappa shape index (κ2) is 6.49. The van der Waals surface area contributed by atoms with Crippen LogP contribution in [0.4, 0.5) is 8.78 Å². The number of hydrogen-bond acceptors (Lipinski definition) is 4. The minimum atomic E-state index is -2.94. The molecule has 0 radical (unpaired) electrons. The van der Waals surface area contributed by atoms with Gasteiger partial charge in [0.05, 0.1) is 6.61 Å². The molecular formula is C13H12F2N2O3S. The summed E-state index contributed by atoms with van der Waals surface area (Å²) in [5, 5.41) is 5.33. The molecule has 0 unspecified atom stereocenters. The van der Waals surface area contributed by atoms with Crippen LogP contribution in [-0.2, 0) is 4.79 Å². The van der Waals surface area contributed by atoms with Crippen molar-refractivity contribution >= 4 is 29.3 Å². The largest absolute Gasteiger partial charge is 0.490 e. The smallest absolute Gasteiger partial charge is 0.387 e. The van der Waals surface area contributed by atoms with Crippen molar-refractivity contribution in [1.82, 2.24) is 10.6 Å². The van der Waals surface area contributed by atoms with Gasteiger partial charge in [0.25, 0.3) is 5.91 Å². The number of benzene rings is 1. The monoisotopic (exact) mass is 314 g/mol. The first-order valence-corrected chi connectivity index (χ1v) is 6.46. The molecule has 1 aliphatic heterocycles. The van der Waals surface area contributed by atoms with E-state index < -0.39 is 6.61 Å². The maximum absolute atomic E-state index is 12.3. The third kappa shape index (κ3) is 3.88. The summed E-state index contributed by atoms with van der Waals surface area (Å²) in [7, 11) is 0. The molecule has 8 heteroatoms. The Morgan fingerprint density at radius 1 is 1.33 bits per heavy atom. The van der Waals surface area contributed by atoms with Gasteiger partial charge in [0.1, 0.15) is 5.70 Å². The summed E-state index contributed by atoms with van der Waals surface area (Å²) < 4.78 is 34.2. The lowest BCUT2D eigenvalue weighted by Crippen LogP contribution is -2.21. The van der Waals surface area contributed by atoms with E-state index >= 15 is 0 Å². The van der Waals surface area contributed by atoms with Crippen molar-refractivity contribution in [2.75, 3.05) is 6.61 Å². The zero-order valence-electron chi connectivity index (χ0n) is 11.0. The van der Waals surface area contributed by atoms with E-state index in [-0.39, 0.29) is 28.2 Å². The fourth-order valence-corrected chi connectivity index (χ4v) is 1.93. The van der Waals surface area contributed by atoms with Crippen molar-refractivity contribution in [3.63, 3.8) is 0 Å². The lowest BCUT2D eigenvalue weighted by molar-refractivity contribution is -0.115. The average Bonchev–Trinajstić information content (AvgIpc) is 2.71. The molecule has 0 saturated carbocycles. The second-order valence-corrected chi connectivity index (χ2v) is 4.39. The SMILES string of the molecule is CCOc1cc(/C=C2\NC(=S)NC2=O)ccc1OC(F)F. The highest BCUT2D eigenvalue weighted by Gasteiger charge is 2.20. The van der Waals surface area contributed by atoms with Crippen molar-refractivity contribution in [2.24, 2.45) is 0 Å². The molecule has 1 amide bonds. The van der Waals surface area contributed by atoms with E-state index in [1.807, 2.05) is 0 Å². The number of ether oxygens (including phenoxy) is 2. The molecule has 2 N–H and O–H groups in total. The number of amides is 1. The van der Waals surface area contributed by atoms with Gasteiger partial charge < -0.3 is 14.8 Å². The van der Waals surface area contributed by atoms with Crippen LogP contribution in [0.3, 0.4) is 0 Å². The summed E-state index contributed by atoms with van der Waals surface area (Å²) in [6.07, 6.45) is 1.53. The Morgan fingerprint density at radius 2 is 2.10 bits per heavy atom. The number of hydrogen-bond donors (Lipinski definition) is 2. The van der Waals surface area contributed by atoms with Crippen molar-refractivity contribution in [3.05, 3.63) is 29.5 Å². The minimum absolute atomic E-state index is 0.0617. The number of alkyl halides is 2. The van der Waals surface area contributed by atoms with Crippen LogP contribution in [0.5, 0.6) is 11.5 Å². The zero-order chi connectivity index (χ0) is 15.4. The second-order valence-electron chi connectivity index (χ2n) is 3.98. The first kappa shape index (κ1) is 15.2. The molecule has 112 valence electrons. The van der Waals surface area contributed by atoms with Crippen molar-refractivity contribution in [1.29, 1.82) is 0 Å². The predicted molar refractivity (Wildman–Crippen MR) is 76.1 cm³/mol.